The number of amides is 1. The SMILES string of the molecule is O=C1CSC(c2cn(-c3ccc(Cl)cc3)nc2-c2ccsc2)N1CCc1ccc(O)cc1. The molecule has 0 spiro atoms. The third kappa shape index (κ3) is 4.28. The van der Waals surface area contributed by atoms with Crippen molar-refractivity contribution in [2.24, 2.45) is 0 Å². The fraction of sp³-hybridized carbons (Fsp3) is 0.167. The molecule has 162 valence electrons. The number of aromatic nitrogens is 2. The molecule has 4 aromatic rings. The van der Waals surface area contributed by atoms with Gasteiger partial charge in [0.25, 0.3) is 0 Å². The van der Waals surface area contributed by atoms with E-state index in [0.29, 0.717) is 17.3 Å². The summed E-state index contributed by atoms with van der Waals surface area (Å²) in [6.45, 7) is 0.608. The summed E-state index contributed by atoms with van der Waals surface area (Å²) in [5.74, 6) is 0.832. The van der Waals surface area contributed by atoms with Gasteiger partial charge in [-0.25, -0.2) is 4.68 Å². The summed E-state index contributed by atoms with van der Waals surface area (Å²) in [5, 5.41) is 19.1. The average Bonchev–Trinajstić information content (AvgIpc) is 3.53. The van der Waals surface area contributed by atoms with Gasteiger partial charge in [-0.1, -0.05) is 23.7 Å². The molecule has 1 N–H and O–H groups in total. The van der Waals surface area contributed by atoms with Crippen LogP contribution in [0.4, 0.5) is 0 Å². The minimum Gasteiger partial charge on any atom is -0.508 e. The summed E-state index contributed by atoms with van der Waals surface area (Å²) in [7, 11) is 0. The Morgan fingerprint density at radius 2 is 1.88 bits per heavy atom. The van der Waals surface area contributed by atoms with Crippen molar-refractivity contribution in [1.82, 2.24) is 14.7 Å². The van der Waals surface area contributed by atoms with Gasteiger partial charge < -0.3 is 10.0 Å². The second kappa shape index (κ2) is 9.02. The van der Waals surface area contributed by atoms with Gasteiger partial charge >= 0.3 is 0 Å². The van der Waals surface area contributed by atoms with Crippen molar-refractivity contribution < 1.29 is 9.90 Å². The van der Waals surface area contributed by atoms with Crippen molar-refractivity contribution in [3.05, 3.63) is 87.7 Å². The van der Waals surface area contributed by atoms with Crippen LogP contribution in [-0.4, -0.2) is 38.0 Å². The number of halogens is 1. The van der Waals surface area contributed by atoms with E-state index in [-0.39, 0.29) is 17.0 Å². The highest BCUT2D eigenvalue weighted by atomic mass is 35.5. The molecule has 2 aromatic heterocycles. The van der Waals surface area contributed by atoms with Gasteiger partial charge in [-0.3, -0.25) is 4.79 Å². The van der Waals surface area contributed by atoms with E-state index in [1.165, 1.54) is 0 Å². The van der Waals surface area contributed by atoms with Gasteiger partial charge in [-0.15, -0.1) is 11.8 Å². The second-order valence-electron chi connectivity index (χ2n) is 7.53. The van der Waals surface area contributed by atoms with Crippen LogP contribution >= 0.6 is 34.7 Å². The lowest BCUT2D eigenvalue weighted by Crippen LogP contribution is -2.30. The molecule has 32 heavy (non-hydrogen) atoms. The molecule has 5 rings (SSSR count). The number of hydrogen-bond donors (Lipinski definition) is 1. The Morgan fingerprint density at radius 1 is 1.09 bits per heavy atom. The first-order valence-corrected chi connectivity index (χ1v) is 12.5. The summed E-state index contributed by atoms with van der Waals surface area (Å²) in [4.78, 5) is 14.7. The summed E-state index contributed by atoms with van der Waals surface area (Å²) >= 11 is 9.33. The Hall–Kier alpha value is -2.74. The smallest absolute Gasteiger partial charge is 0.233 e. The average molecular weight is 482 g/mol. The molecule has 8 heteroatoms. The third-order valence-corrected chi connectivity index (χ3v) is 7.61. The number of hydrogen-bond acceptors (Lipinski definition) is 5. The van der Waals surface area contributed by atoms with Crippen LogP contribution in [0.3, 0.4) is 0 Å². The van der Waals surface area contributed by atoms with Crippen molar-refractivity contribution in [2.75, 3.05) is 12.3 Å². The Balaban J connectivity index is 1.48. The Morgan fingerprint density at radius 3 is 2.59 bits per heavy atom. The molecule has 0 saturated carbocycles. The lowest BCUT2D eigenvalue weighted by atomic mass is 10.1. The Kier molecular flexibility index (Phi) is 5.95. The van der Waals surface area contributed by atoms with Crippen molar-refractivity contribution >= 4 is 40.6 Å². The number of nitrogens with zero attached hydrogens (tertiary/aromatic N) is 3. The molecule has 1 aliphatic rings. The number of rotatable bonds is 6. The number of thiophene rings is 1. The Labute approximate surface area is 199 Å². The molecular formula is C24H20ClN3O2S2. The molecule has 1 amide bonds. The van der Waals surface area contributed by atoms with Crippen LogP contribution in [0, 0.1) is 0 Å². The summed E-state index contributed by atoms with van der Waals surface area (Å²) < 4.78 is 1.86. The van der Waals surface area contributed by atoms with E-state index in [1.54, 1.807) is 35.2 Å². The van der Waals surface area contributed by atoms with Gasteiger partial charge in [0.2, 0.25) is 5.91 Å². The van der Waals surface area contributed by atoms with Gasteiger partial charge in [0.15, 0.2) is 0 Å². The highest BCUT2D eigenvalue weighted by Crippen LogP contribution is 2.43. The first-order chi connectivity index (χ1) is 15.6. The second-order valence-corrected chi connectivity index (χ2v) is 9.82. The molecule has 5 nitrogen and oxygen atoms in total. The summed E-state index contributed by atoms with van der Waals surface area (Å²) in [6, 6.07) is 16.8. The fourth-order valence-corrected chi connectivity index (χ4v) is 5.77. The topological polar surface area (TPSA) is 58.4 Å². The maximum Gasteiger partial charge on any atom is 0.233 e. The number of phenols is 1. The third-order valence-electron chi connectivity index (χ3n) is 5.44. The Bertz CT molecular complexity index is 1220. The molecule has 0 bridgehead atoms. The van der Waals surface area contributed by atoms with Gasteiger partial charge in [0, 0.05) is 34.3 Å². The first-order valence-electron chi connectivity index (χ1n) is 10.2. The van der Waals surface area contributed by atoms with E-state index >= 15 is 0 Å². The van der Waals surface area contributed by atoms with Crippen LogP contribution in [-0.2, 0) is 11.2 Å². The molecule has 1 atom stereocenters. The van der Waals surface area contributed by atoms with E-state index in [1.807, 2.05) is 57.6 Å². The quantitative estimate of drug-likeness (QED) is 0.379. The van der Waals surface area contributed by atoms with Crippen LogP contribution in [0.1, 0.15) is 16.5 Å². The van der Waals surface area contributed by atoms with Crippen LogP contribution in [0.5, 0.6) is 5.75 Å². The van der Waals surface area contributed by atoms with Gasteiger partial charge in [-0.2, -0.15) is 16.4 Å². The number of benzene rings is 2. The van der Waals surface area contributed by atoms with Gasteiger partial charge in [0.1, 0.15) is 11.1 Å². The number of carbonyl (C=O) groups is 1. The number of aromatic hydroxyl groups is 1. The normalized spacial score (nSPS) is 16.1. The number of thioether (sulfide) groups is 1. The monoisotopic (exact) mass is 481 g/mol. The molecule has 1 fully saturated rings. The zero-order valence-electron chi connectivity index (χ0n) is 17.0. The minimum absolute atomic E-state index is 0.101. The predicted molar refractivity (Wildman–Crippen MR) is 131 cm³/mol. The van der Waals surface area contributed by atoms with E-state index < -0.39 is 0 Å². The molecule has 1 unspecified atom stereocenters. The highest BCUT2D eigenvalue weighted by Gasteiger charge is 2.35. The van der Waals surface area contributed by atoms with Gasteiger partial charge in [-0.05, 0) is 59.8 Å². The minimum atomic E-state index is -0.101. The lowest BCUT2D eigenvalue weighted by Gasteiger charge is -2.24. The zero-order valence-corrected chi connectivity index (χ0v) is 19.4. The highest BCUT2D eigenvalue weighted by molar-refractivity contribution is 8.00. The molecule has 0 radical (unpaired) electrons. The van der Waals surface area contributed by atoms with Crippen molar-refractivity contribution in [3.8, 4) is 22.7 Å². The maximum absolute atomic E-state index is 12.8. The maximum atomic E-state index is 12.8. The number of carbonyl (C=O) groups excluding carboxylic acids is 1. The van der Waals surface area contributed by atoms with Crippen LogP contribution in [0.15, 0.2) is 71.6 Å². The van der Waals surface area contributed by atoms with Crippen LogP contribution < -0.4 is 0 Å². The predicted octanol–water partition coefficient (Wildman–Crippen LogP) is 5.78. The zero-order chi connectivity index (χ0) is 22.1. The van der Waals surface area contributed by atoms with Crippen LogP contribution in [0.25, 0.3) is 16.9 Å². The molecule has 3 heterocycles. The molecule has 1 aliphatic heterocycles. The molecule has 0 aliphatic carbocycles. The van der Waals surface area contributed by atoms with E-state index in [9.17, 15) is 9.90 Å². The molecule has 2 aromatic carbocycles. The molecule has 1 saturated heterocycles. The summed E-state index contributed by atoms with van der Waals surface area (Å²) in [5.41, 5.74) is 4.97. The fourth-order valence-electron chi connectivity index (χ4n) is 3.78. The van der Waals surface area contributed by atoms with Crippen molar-refractivity contribution in [3.63, 3.8) is 0 Å². The number of phenolic OH excluding ortho intramolecular Hbond substituents is 1. The van der Waals surface area contributed by atoms with Gasteiger partial charge in [0.05, 0.1) is 17.1 Å². The summed E-state index contributed by atoms with van der Waals surface area (Å²) in [6.07, 6.45) is 2.75. The molecular weight excluding hydrogens is 462 g/mol. The standard InChI is InChI=1S/C24H20ClN3O2S2/c25-18-3-5-19(6-4-18)28-13-21(23(26-28)17-10-12-31-14-17)24-27(22(30)15-32-24)11-9-16-1-7-20(29)8-2-16/h1-8,10,12-14,24,29H,9,11,15H2. The van der Waals surface area contributed by atoms with E-state index in [0.717, 1.165) is 34.5 Å². The van der Waals surface area contributed by atoms with E-state index in [4.69, 9.17) is 16.7 Å². The first kappa shape index (κ1) is 21.1. The van der Waals surface area contributed by atoms with Crippen molar-refractivity contribution in [2.45, 2.75) is 11.8 Å². The van der Waals surface area contributed by atoms with Crippen LogP contribution in [0.2, 0.25) is 5.02 Å². The van der Waals surface area contributed by atoms with E-state index in [2.05, 4.69) is 11.4 Å². The lowest BCUT2D eigenvalue weighted by molar-refractivity contribution is -0.128. The largest absolute Gasteiger partial charge is 0.508 e. The van der Waals surface area contributed by atoms with Crippen molar-refractivity contribution in [1.29, 1.82) is 0 Å².